The molecule has 0 fully saturated rings. The second kappa shape index (κ2) is 5.73. The number of benzene rings is 1. The van der Waals surface area contributed by atoms with Crippen LogP contribution < -0.4 is 14.8 Å². The van der Waals surface area contributed by atoms with Crippen LogP contribution in [0.25, 0.3) is 0 Å². The summed E-state index contributed by atoms with van der Waals surface area (Å²) in [6, 6.07) is 3.87. The number of hydrogen-bond donors (Lipinski definition) is 2. The molecule has 2 N–H and O–H groups in total. The van der Waals surface area contributed by atoms with Crippen molar-refractivity contribution in [2.45, 2.75) is 20.0 Å². The zero-order valence-electron chi connectivity index (χ0n) is 11.2. The van der Waals surface area contributed by atoms with Crippen molar-refractivity contribution in [1.29, 1.82) is 0 Å². The van der Waals surface area contributed by atoms with Gasteiger partial charge in [0.1, 0.15) is 13.2 Å². The number of hydrogen-bond acceptors (Lipinski definition) is 4. The van der Waals surface area contributed by atoms with E-state index in [-0.39, 0.29) is 0 Å². The van der Waals surface area contributed by atoms with Gasteiger partial charge in [-0.25, -0.2) is 0 Å². The maximum absolute atomic E-state index is 6.20. The number of ether oxygens (including phenoxy) is 2. The Balaban J connectivity index is 1.66. The average molecular weight is 294 g/mol. The number of H-pyrrole nitrogens is 1. The second-order valence-corrected chi connectivity index (χ2v) is 5.13. The Kier molecular flexibility index (Phi) is 3.80. The van der Waals surface area contributed by atoms with E-state index >= 15 is 0 Å². The van der Waals surface area contributed by atoms with Gasteiger partial charge in [0, 0.05) is 24.3 Å². The Labute approximate surface area is 122 Å². The number of aromatic nitrogens is 2. The largest absolute Gasteiger partial charge is 0.486 e. The van der Waals surface area contributed by atoms with E-state index in [0.29, 0.717) is 30.5 Å². The lowest BCUT2D eigenvalue weighted by Crippen LogP contribution is -2.17. The summed E-state index contributed by atoms with van der Waals surface area (Å²) in [5.74, 6) is 1.37. The summed E-state index contributed by atoms with van der Waals surface area (Å²) < 4.78 is 11.1. The third-order valence-electron chi connectivity index (χ3n) is 3.24. The summed E-state index contributed by atoms with van der Waals surface area (Å²) in [6.45, 7) is 4.58. The molecule has 1 aliphatic heterocycles. The molecule has 20 heavy (non-hydrogen) atoms. The zero-order chi connectivity index (χ0) is 13.9. The predicted octanol–water partition coefficient (Wildman–Crippen LogP) is 2.43. The van der Waals surface area contributed by atoms with Crippen LogP contribution in [0.4, 0.5) is 0 Å². The van der Waals surface area contributed by atoms with Crippen molar-refractivity contribution >= 4 is 11.6 Å². The van der Waals surface area contributed by atoms with E-state index in [1.54, 1.807) is 0 Å². The maximum Gasteiger partial charge on any atom is 0.179 e. The smallest absolute Gasteiger partial charge is 0.179 e. The monoisotopic (exact) mass is 293 g/mol. The molecule has 5 nitrogen and oxygen atoms in total. The topological polar surface area (TPSA) is 59.2 Å². The Bertz CT molecular complexity index is 612. The van der Waals surface area contributed by atoms with Gasteiger partial charge >= 0.3 is 0 Å². The molecule has 106 valence electrons. The van der Waals surface area contributed by atoms with Crippen LogP contribution in [-0.4, -0.2) is 23.4 Å². The number of fused-ring (bicyclic) bond motifs is 1. The maximum atomic E-state index is 6.20. The van der Waals surface area contributed by atoms with Crippen LogP contribution in [0.5, 0.6) is 11.5 Å². The number of halogens is 1. The first-order chi connectivity index (χ1) is 9.74. The Morgan fingerprint density at radius 2 is 2.15 bits per heavy atom. The van der Waals surface area contributed by atoms with E-state index in [0.717, 1.165) is 29.1 Å². The van der Waals surface area contributed by atoms with Crippen LogP contribution in [0, 0.1) is 6.92 Å². The molecule has 2 aromatic rings. The minimum atomic E-state index is 0.546. The van der Waals surface area contributed by atoms with E-state index in [1.807, 2.05) is 25.3 Å². The first-order valence-electron chi connectivity index (χ1n) is 6.51. The van der Waals surface area contributed by atoms with Crippen LogP contribution in [0.15, 0.2) is 18.3 Å². The number of nitrogens with one attached hydrogen (secondary N) is 2. The van der Waals surface area contributed by atoms with Crippen LogP contribution in [-0.2, 0) is 13.1 Å². The van der Waals surface area contributed by atoms with Gasteiger partial charge in [-0.1, -0.05) is 11.6 Å². The lowest BCUT2D eigenvalue weighted by Gasteiger charge is -2.20. The fourth-order valence-corrected chi connectivity index (χ4v) is 2.45. The van der Waals surface area contributed by atoms with E-state index in [1.165, 1.54) is 0 Å². The Morgan fingerprint density at radius 1 is 1.30 bits per heavy atom. The lowest BCUT2D eigenvalue weighted by atomic mass is 10.2. The number of nitrogens with zero attached hydrogens (tertiary/aromatic N) is 1. The molecular formula is C14H16ClN3O2. The molecular weight excluding hydrogens is 278 g/mol. The van der Waals surface area contributed by atoms with Crippen molar-refractivity contribution in [2.75, 3.05) is 13.2 Å². The predicted molar refractivity (Wildman–Crippen MR) is 76.3 cm³/mol. The summed E-state index contributed by atoms with van der Waals surface area (Å²) in [6.07, 6.45) is 1.83. The molecule has 1 aliphatic rings. The minimum absolute atomic E-state index is 0.546. The van der Waals surface area contributed by atoms with Crippen molar-refractivity contribution in [2.24, 2.45) is 0 Å². The Hall–Kier alpha value is -1.72. The number of aryl methyl sites for hydroxylation is 1. The zero-order valence-corrected chi connectivity index (χ0v) is 12.0. The summed E-state index contributed by atoms with van der Waals surface area (Å²) in [5.41, 5.74) is 3.31. The highest BCUT2D eigenvalue weighted by Crippen LogP contribution is 2.38. The van der Waals surface area contributed by atoms with E-state index in [9.17, 15) is 0 Å². The molecule has 6 heteroatoms. The lowest BCUT2D eigenvalue weighted by molar-refractivity contribution is 0.171. The quantitative estimate of drug-likeness (QED) is 0.909. The molecule has 0 saturated heterocycles. The molecule has 0 bridgehead atoms. The van der Waals surface area contributed by atoms with Gasteiger partial charge in [-0.15, -0.1) is 0 Å². The molecule has 3 rings (SSSR count). The second-order valence-electron chi connectivity index (χ2n) is 4.73. The van der Waals surface area contributed by atoms with Crippen LogP contribution in [0.3, 0.4) is 0 Å². The van der Waals surface area contributed by atoms with E-state index in [4.69, 9.17) is 21.1 Å². The highest BCUT2D eigenvalue weighted by atomic mass is 35.5. The molecule has 1 aromatic heterocycles. The van der Waals surface area contributed by atoms with E-state index in [2.05, 4.69) is 15.5 Å². The highest BCUT2D eigenvalue weighted by Gasteiger charge is 2.16. The van der Waals surface area contributed by atoms with Crippen LogP contribution >= 0.6 is 11.6 Å². The van der Waals surface area contributed by atoms with Crippen molar-refractivity contribution in [3.8, 4) is 11.5 Å². The van der Waals surface area contributed by atoms with Crippen molar-refractivity contribution in [1.82, 2.24) is 15.5 Å². The summed E-state index contributed by atoms with van der Waals surface area (Å²) in [5, 5.41) is 10.9. The molecule has 2 heterocycles. The number of aromatic amines is 1. The van der Waals surface area contributed by atoms with Gasteiger partial charge in [0.15, 0.2) is 11.5 Å². The van der Waals surface area contributed by atoms with E-state index < -0.39 is 0 Å². The summed E-state index contributed by atoms with van der Waals surface area (Å²) in [7, 11) is 0. The molecule has 0 spiro atoms. The minimum Gasteiger partial charge on any atom is -0.486 e. The third kappa shape index (κ3) is 2.73. The van der Waals surface area contributed by atoms with Gasteiger partial charge in [0.05, 0.1) is 11.2 Å². The molecule has 0 saturated carbocycles. The van der Waals surface area contributed by atoms with Gasteiger partial charge in [-0.2, -0.15) is 5.10 Å². The van der Waals surface area contributed by atoms with Gasteiger partial charge in [-0.05, 0) is 24.6 Å². The summed E-state index contributed by atoms with van der Waals surface area (Å²) >= 11 is 6.20. The standard InChI is InChI=1S/C14H16ClN3O2/c1-9-11(8-17-18-9)7-16-6-10-4-12(15)14-13(5-10)19-2-3-20-14/h4-5,8,16H,2-3,6-7H2,1H3,(H,17,18). The van der Waals surface area contributed by atoms with Gasteiger partial charge in [0.25, 0.3) is 0 Å². The fraction of sp³-hybridized carbons (Fsp3) is 0.357. The summed E-state index contributed by atoms with van der Waals surface area (Å²) in [4.78, 5) is 0. The highest BCUT2D eigenvalue weighted by molar-refractivity contribution is 6.32. The molecule has 0 aliphatic carbocycles. The molecule has 1 aromatic carbocycles. The molecule has 0 atom stereocenters. The molecule has 0 unspecified atom stereocenters. The van der Waals surface area contributed by atoms with Crippen LogP contribution in [0.2, 0.25) is 5.02 Å². The third-order valence-corrected chi connectivity index (χ3v) is 3.52. The van der Waals surface area contributed by atoms with Crippen LogP contribution in [0.1, 0.15) is 16.8 Å². The molecule has 0 amide bonds. The van der Waals surface area contributed by atoms with Gasteiger partial charge in [-0.3, -0.25) is 5.10 Å². The first-order valence-corrected chi connectivity index (χ1v) is 6.89. The first kappa shape index (κ1) is 13.3. The normalized spacial score (nSPS) is 13.5. The Morgan fingerprint density at radius 3 is 2.95 bits per heavy atom. The van der Waals surface area contributed by atoms with Crippen molar-refractivity contribution in [3.63, 3.8) is 0 Å². The fourth-order valence-electron chi connectivity index (χ4n) is 2.16. The SMILES string of the molecule is Cc1[nH]ncc1CNCc1cc(Cl)c2c(c1)OCCO2. The average Bonchev–Trinajstić information content (AvgIpc) is 2.85. The van der Waals surface area contributed by atoms with Crippen molar-refractivity contribution < 1.29 is 9.47 Å². The van der Waals surface area contributed by atoms with Gasteiger partial charge < -0.3 is 14.8 Å². The van der Waals surface area contributed by atoms with Crippen molar-refractivity contribution in [3.05, 3.63) is 40.2 Å². The molecule has 0 radical (unpaired) electrons. The number of rotatable bonds is 4. The van der Waals surface area contributed by atoms with Gasteiger partial charge in [0.2, 0.25) is 0 Å².